The number of amides is 1. The van der Waals surface area contributed by atoms with Gasteiger partial charge in [0.05, 0.1) is 16.6 Å². The second-order valence-corrected chi connectivity index (χ2v) is 8.35. The normalized spacial score (nSPS) is 14.0. The largest absolute Gasteiger partial charge is 0.493 e. The lowest BCUT2D eigenvalue weighted by Gasteiger charge is -2.01. The Morgan fingerprint density at radius 1 is 1.38 bits per heavy atom. The summed E-state index contributed by atoms with van der Waals surface area (Å²) in [4.78, 5) is 26.6. The van der Waals surface area contributed by atoms with E-state index in [-0.39, 0.29) is 11.8 Å². The van der Waals surface area contributed by atoms with Crippen molar-refractivity contribution in [2.75, 3.05) is 0 Å². The molecule has 3 heterocycles. The highest BCUT2D eigenvalue weighted by molar-refractivity contribution is 9.10. The Kier molecular flexibility index (Phi) is 4.37. The lowest BCUT2D eigenvalue weighted by Crippen LogP contribution is -2.22. The molecule has 0 bridgehead atoms. The molecule has 0 aliphatic carbocycles. The fraction of sp³-hybridized carbons (Fsp3) is 0.176. The minimum Gasteiger partial charge on any atom is -0.493 e. The molecule has 0 spiro atoms. The Morgan fingerprint density at radius 2 is 2.19 bits per heavy atom. The van der Waals surface area contributed by atoms with Gasteiger partial charge in [-0.2, -0.15) is 4.99 Å². The maximum atomic E-state index is 12.5. The number of aromatic hydroxyl groups is 1. The third-order valence-corrected chi connectivity index (χ3v) is 6.32. The van der Waals surface area contributed by atoms with E-state index in [1.165, 1.54) is 22.7 Å². The Balaban J connectivity index is 2.00. The number of thiazole rings is 2. The number of rotatable bonds is 3. The van der Waals surface area contributed by atoms with Crippen LogP contribution >= 0.6 is 38.6 Å². The molecule has 0 radical (unpaired) electrons. The summed E-state index contributed by atoms with van der Waals surface area (Å²) in [6.07, 6.45) is 0. The molecule has 4 rings (SSSR count). The van der Waals surface area contributed by atoms with E-state index in [0.717, 1.165) is 10.2 Å². The van der Waals surface area contributed by atoms with Crippen LogP contribution in [-0.4, -0.2) is 20.6 Å². The Morgan fingerprint density at radius 3 is 2.88 bits per heavy atom. The van der Waals surface area contributed by atoms with Crippen LogP contribution in [-0.2, 0) is 11.3 Å². The van der Waals surface area contributed by atoms with Gasteiger partial charge in [0.1, 0.15) is 4.88 Å². The van der Waals surface area contributed by atoms with Gasteiger partial charge in [-0.3, -0.25) is 9.36 Å². The number of benzene rings is 1. The van der Waals surface area contributed by atoms with Crippen LogP contribution in [0.25, 0.3) is 5.57 Å². The lowest BCUT2D eigenvalue weighted by molar-refractivity contribution is -0.112. The molecule has 1 aliphatic rings. The van der Waals surface area contributed by atoms with Crippen molar-refractivity contribution in [1.29, 1.82) is 0 Å². The summed E-state index contributed by atoms with van der Waals surface area (Å²) >= 11 is 6.13. The van der Waals surface area contributed by atoms with E-state index in [0.29, 0.717) is 37.5 Å². The van der Waals surface area contributed by atoms with Gasteiger partial charge in [-0.05, 0) is 32.0 Å². The van der Waals surface area contributed by atoms with Crippen LogP contribution in [0.3, 0.4) is 0 Å². The molecule has 0 saturated carbocycles. The van der Waals surface area contributed by atoms with Crippen molar-refractivity contribution in [3.8, 4) is 5.88 Å². The van der Waals surface area contributed by atoms with Crippen LogP contribution in [0.2, 0.25) is 0 Å². The Bertz CT molecular complexity index is 1240. The van der Waals surface area contributed by atoms with E-state index >= 15 is 0 Å². The van der Waals surface area contributed by atoms with Gasteiger partial charge in [-0.1, -0.05) is 27.3 Å². The van der Waals surface area contributed by atoms with E-state index in [1.54, 1.807) is 10.6 Å². The number of hydrogen-bond acceptors (Lipinski definition) is 6. The summed E-state index contributed by atoms with van der Waals surface area (Å²) in [5.74, 6) is -0.328. The second kappa shape index (κ2) is 6.57. The maximum absolute atomic E-state index is 12.5. The molecule has 1 amide bonds. The van der Waals surface area contributed by atoms with Crippen LogP contribution in [0.5, 0.6) is 5.88 Å². The van der Waals surface area contributed by atoms with Crippen LogP contribution in [0.4, 0.5) is 5.13 Å². The van der Waals surface area contributed by atoms with Crippen molar-refractivity contribution < 1.29 is 9.90 Å². The van der Waals surface area contributed by atoms with Gasteiger partial charge < -0.3 is 5.11 Å². The molecule has 26 heavy (non-hydrogen) atoms. The topological polar surface area (TPSA) is 79.8 Å². The molecule has 0 unspecified atom stereocenters. The number of fused-ring (bicyclic) bond motifs is 1. The lowest BCUT2D eigenvalue weighted by atomic mass is 10.1. The van der Waals surface area contributed by atoms with E-state index in [2.05, 4.69) is 30.9 Å². The van der Waals surface area contributed by atoms with Gasteiger partial charge in [0, 0.05) is 21.6 Å². The smallest absolute Gasteiger partial charge is 0.279 e. The number of carbonyl (C=O) groups is 1. The highest BCUT2D eigenvalue weighted by Gasteiger charge is 2.25. The molecule has 1 N–H and O–H groups in total. The summed E-state index contributed by atoms with van der Waals surface area (Å²) in [5, 5.41) is 14.6. The molecule has 132 valence electrons. The highest BCUT2D eigenvalue weighted by atomic mass is 79.9. The molecule has 0 atom stereocenters. The summed E-state index contributed by atoms with van der Waals surface area (Å²) in [6.45, 7) is 4.35. The summed E-state index contributed by atoms with van der Waals surface area (Å²) < 4.78 is 2.52. The van der Waals surface area contributed by atoms with E-state index < -0.39 is 0 Å². The quantitative estimate of drug-likeness (QED) is 0.667. The zero-order valence-corrected chi connectivity index (χ0v) is 17.1. The van der Waals surface area contributed by atoms with Crippen LogP contribution in [0, 0.1) is 6.92 Å². The minimum absolute atomic E-state index is 0.0240. The predicted octanol–water partition coefficient (Wildman–Crippen LogP) is 2.39. The third-order valence-electron chi connectivity index (χ3n) is 3.89. The Labute approximate surface area is 164 Å². The van der Waals surface area contributed by atoms with Crippen LogP contribution < -0.4 is 15.4 Å². The first kappa shape index (κ1) is 17.3. The van der Waals surface area contributed by atoms with Crippen LogP contribution in [0.1, 0.15) is 17.5 Å². The minimum atomic E-state index is -0.352. The molecule has 9 heteroatoms. The van der Waals surface area contributed by atoms with E-state index in [4.69, 9.17) is 0 Å². The maximum Gasteiger partial charge on any atom is 0.279 e. The van der Waals surface area contributed by atoms with Gasteiger partial charge in [0.2, 0.25) is 11.0 Å². The number of aryl methyl sites for hydroxylation is 1. The molecule has 6 nitrogen and oxygen atoms in total. The van der Waals surface area contributed by atoms with Crippen molar-refractivity contribution in [3.05, 3.63) is 54.0 Å². The molecule has 3 aromatic rings. The zero-order chi connectivity index (χ0) is 18.4. The number of halogens is 1. The molecular weight excluding hydrogens is 436 g/mol. The van der Waals surface area contributed by atoms with Gasteiger partial charge in [-0.15, -0.1) is 11.3 Å². The monoisotopic (exact) mass is 448 g/mol. The molecule has 1 aromatic carbocycles. The summed E-state index contributed by atoms with van der Waals surface area (Å²) in [5.41, 5.74) is 1.30. The first-order valence-electron chi connectivity index (χ1n) is 7.80. The average Bonchev–Trinajstić information content (AvgIpc) is 3.23. The summed E-state index contributed by atoms with van der Waals surface area (Å²) in [6, 6.07) is 5.46. The number of hydrogen-bond donors (Lipinski definition) is 1. The van der Waals surface area contributed by atoms with Crippen LogP contribution in [0.15, 0.2) is 38.0 Å². The van der Waals surface area contributed by atoms with Crippen molar-refractivity contribution >= 4 is 55.2 Å². The van der Waals surface area contributed by atoms with Gasteiger partial charge in [0.15, 0.2) is 4.80 Å². The number of nitrogens with zero attached hydrogens (tertiary/aromatic N) is 4. The molecule has 0 fully saturated rings. The Hall–Kier alpha value is -2.10. The first-order valence-corrected chi connectivity index (χ1v) is 10.3. The SMILES string of the molecule is CCn1c(O)c(C2=c3cc(Br)ccc3=NC2=O)s/c1=N/c1nc(C)cs1. The van der Waals surface area contributed by atoms with Crippen molar-refractivity contribution in [2.24, 2.45) is 9.98 Å². The fourth-order valence-corrected chi connectivity index (χ4v) is 4.94. The van der Waals surface area contributed by atoms with Gasteiger partial charge >= 0.3 is 0 Å². The van der Waals surface area contributed by atoms with Crippen molar-refractivity contribution in [1.82, 2.24) is 9.55 Å². The molecule has 2 aromatic heterocycles. The third kappa shape index (κ3) is 2.85. The number of aromatic nitrogens is 2. The second-order valence-electron chi connectivity index (χ2n) is 5.62. The van der Waals surface area contributed by atoms with Gasteiger partial charge in [-0.25, -0.2) is 9.98 Å². The summed E-state index contributed by atoms with van der Waals surface area (Å²) in [7, 11) is 0. The average molecular weight is 449 g/mol. The fourth-order valence-electron chi connectivity index (χ4n) is 2.72. The zero-order valence-electron chi connectivity index (χ0n) is 13.9. The van der Waals surface area contributed by atoms with E-state index in [1.807, 2.05) is 31.4 Å². The van der Waals surface area contributed by atoms with Crippen molar-refractivity contribution in [3.63, 3.8) is 0 Å². The molecule has 0 saturated heterocycles. The van der Waals surface area contributed by atoms with Gasteiger partial charge in [0.25, 0.3) is 5.91 Å². The van der Waals surface area contributed by atoms with E-state index in [9.17, 15) is 9.90 Å². The standard InChI is InChI=1S/C17H13BrN4O2S2/c1-3-22-15(24)13(26-17(22)21-16-19-8(2)7-25-16)12-10-6-9(18)4-5-11(10)20-14(12)23/h4-7,24H,3H2,1-2H3/b21-17+. The predicted molar refractivity (Wildman–Crippen MR) is 104 cm³/mol. The number of carbonyl (C=O) groups excluding carboxylic acids is 1. The molecular formula is C17H13BrN4O2S2. The highest BCUT2D eigenvalue weighted by Crippen LogP contribution is 2.29. The van der Waals surface area contributed by atoms with Crippen molar-refractivity contribution in [2.45, 2.75) is 20.4 Å². The molecule has 1 aliphatic heterocycles. The first-order chi connectivity index (χ1) is 12.5.